The number of benzene rings is 2. The molecule has 2 fully saturated rings. The van der Waals surface area contributed by atoms with Crippen molar-refractivity contribution in [2.75, 3.05) is 25.2 Å². The lowest BCUT2D eigenvalue weighted by molar-refractivity contribution is 0.174. The number of anilines is 1. The molecule has 1 aromatic heterocycles. The van der Waals surface area contributed by atoms with E-state index in [-0.39, 0.29) is 5.56 Å². The summed E-state index contributed by atoms with van der Waals surface area (Å²) >= 11 is 0. The van der Waals surface area contributed by atoms with Gasteiger partial charge in [-0.2, -0.15) is 0 Å². The molecule has 3 heterocycles. The topological polar surface area (TPSA) is 59.5 Å². The maximum Gasteiger partial charge on any atom is 0.231 e. The third kappa shape index (κ3) is 3.46. The Morgan fingerprint density at radius 2 is 1.77 bits per heavy atom. The van der Waals surface area contributed by atoms with Gasteiger partial charge in [-0.05, 0) is 59.9 Å². The second-order valence-corrected chi connectivity index (χ2v) is 8.31. The van der Waals surface area contributed by atoms with Gasteiger partial charge in [0.1, 0.15) is 17.5 Å². The number of aromatic nitrogens is 2. The highest BCUT2D eigenvalue weighted by molar-refractivity contribution is 5.60. The Kier molecular flexibility index (Phi) is 4.27. The maximum absolute atomic E-state index is 13.9. The van der Waals surface area contributed by atoms with Gasteiger partial charge >= 0.3 is 0 Å². The molecule has 8 heteroatoms. The molecule has 6 rings (SSSR count). The molecule has 2 aromatic carbocycles. The number of piperidine rings is 1. The van der Waals surface area contributed by atoms with Crippen molar-refractivity contribution in [3.63, 3.8) is 0 Å². The van der Waals surface area contributed by atoms with Gasteiger partial charge in [0.2, 0.25) is 6.79 Å². The molecule has 0 amide bonds. The van der Waals surface area contributed by atoms with E-state index >= 15 is 0 Å². The van der Waals surface area contributed by atoms with Crippen LogP contribution in [0, 0.1) is 23.5 Å². The molecule has 0 spiro atoms. The van der Waals surface area contributed by atoms with E-state index in [0.29, 0.717) is 36.2 Å². The molecule has 1 aliphatic carbocycles. The van der Waals surface area contributed by atoms with E-state index in [2.05, 4.69) is 32.5 Å². The zero-order chi connectivity index (χ0) is 20.9. The summed E-state index contributed by atoms with van der Waals surface area (Å²) in [7, 11) is 0. The number of likely N-dealkylation sites (tertiary alicyclic amines) is 1. The summed E-state index contributed by atoms with van der Waals surface area (Å²) in [5.74, 6) is 2.42. The molecule has 3 aliphatic rings. The molecule has 0 radical (unpaired) electrons. The lowest BCUT2D eigenvalue weighted by atomic mass is 10.1. The largest absolute Gasteiger partial charge is 0.454 e. The summed E-state index contributed by atoms with van der Waals surface area (Å²) in [6.45, 7) is 3.23. The van der Waals surface area contributed by atoms with Crippen LogP contribution in [0.3, 0.4) is 0 Å². The number of fused-ring (bicyclic) bond motifs is 2. The zero-order valence-corrected chi connectivity index (χ0v) is 16.6. The number of halogens is 2. The maximum atomic E-state index is 13.9. The van der Waals surface area contributed by atoms with Crippen molar-refractivity contribution >= 4 is 5.82 Å². The van der Waals surface area contributed by atoms with E-state index in [1.807, 2.05) is 6.07 Å². The Labute approximate surface area is 177 Å². The second-order valence-electron chi connectivity index (χ2n) is 8.31. The number of nitrogens with zero attached hydrogens (tertiary/aromatic N) is 3. The highest BCUT2D eigenvalue weighted by Gasteiger charge is 2.55. The Balaban J connectivity index is 1.05. The standard InChI is InChI=1S/C23H20F2N4O2/c24-14-2-3-18(25)15(8-14)19-4-6-22(28-27-19)26-23-16-10-29(11-17(16)23)9-13-1-5-20-21(7-13)31-12-30-20/h1-8,16-17,23H,9-12H2,(H,26,28). The minimum Gasteiger partial charge on any atom is -0.454 e. The highest BCUT2D eigenvalue weighted by Crippen LogP contribution is 2.47. The van der Waals surface area contributed by atoms with Crippen molar-refractivity contribution in [1.82, 2.24) is 15.1 Å². The van der Waals surface area contributed by atoms with Gasteiger partial charge in [-0.3, -0.25) is 4.90 Å². The highest BCUT2D eigenvalue weighted by atomic mass is 19.1. The molecule has 1 saturated heterocycles. The Hall–Kier alpha value is -3.26. The first kappa shape index (κ1) is 18.5. The minimum atomic E-state index is -0.518. The fourth-order valence-electron chi connectivity index (χ4n) is 4.67. The van der Waals surface area contributed by atoms with Crippen LogP contribution in [0.2, 0.25) is 0 Å². The van der Waals surface area contributed by atoms with Gasteiger partial charge in [-0.15, -0.1) is 10.2 Å². The van der Waals surface area contributed by atoms with Gasteiger partial charge in [0, 0.05) is 31.2 Å². The molecule has 2 aliphatic heterocycles. The Morgan fingerprint density at radius 1 is 0.935 bits per heavy atom. The van der Waals surface area contributed by atoms with Crippen LogP contribution in [0.1, 0.15) is 5.56 Å². The van der Waals surface area contributed by atoms with Crippen LogP contribution < -0.4 is 14.8 Å². The second kappa shape index (κ2) is 7.16. The summed E-state index contributed by atoms with van der Waals surface area (Å²) in [6, 6.07) is 13.2. The molecular formula is C23H20F2N4O2. The first-order valence-corrected chi connectivity index (χ1v) is 10.3. The van der Waals surface area contributed by atoms with E-state index in [0.717, 1.165) is 49.3 Å². The first-order valence-electron chi connectivity index (χ1n) is 10.3. The lowest BCUT2D eigenvalue weighted by Crippen LogP contribution is -2.27. The van der Waals surface area contributed by atoms with Crippen LogP contribution in [0.4, 0.5) is 14.6 Å². The zero-order valence-electron chi connectivity index (χ0n) is 16.6. The fraction of sp³-hybridized carbons (Fsp3) is 0.304. The number of hydrogen-bond donors (Lipinski definition) is 1. The SMILES string of the molecule is Fc1ccc(F)c(-c2ccc(NC3C4CN(Cc5ccc6c(c5)OCO6)CC43)nn2)c1. The van der Waals surface area contributed by atoms with Gasteiger partial charge in [-0.1, -0.05) is 6.07 Å². The van der Waals surface area contributed by atoms with E-state index in [9.17, 15) is 8.78 Å². The molecular weight excluding hydrogens is 402 g/mol. The van der Waals surface area contributed by atoms with Crippen LogP contribution >= 0.6 is 0 Å². The Morgan fingerprint density at radius 3 is 2.58 bits per heavy atom. The molecule has 0 bridgehead atoms. The summed E-state index contributed by atoms with van der Waals surface area (Å²) in [5, 5.41) is 11.7. The van der Waals surface area contributed by atoms with Gasteiger partial charge in [0.15, 0.2) is 11.5 Å². The van der Waals surface area contributed by atoms with E-state index in [1.165, 1.54) is 5.56 Å². The fourth-order valence-corrected chi connectivity index (χ4v) is 4.67. The third-order valence-corrected chi connectivity index (χ3v) is 6.30. The number of nitrogens with one attached hydrogen (secondary N) is 1. The number of hydrogen-bond acceptors (Lipinski definition) is 6. The average molecular weight is 422 g/mol. The van der Waals surface area contributed by atoms with Crippen LogP contribution in [0.15, 0.2) is 48.5 Å². The molecule has 1 saturated carbocycles. The molecule has 3 aromatic rings. The quantitative estimate of drug-likeness (QED) is 0.677. The summed E-state index contributed by atoms with van der Waals surface area (Å²) in [4.78, 5) is 2.45. The van der Waals surface area contributed by atoms with Crippen molar-refractivity contribution in [1.29, 1.82) is 0 Å². The van der Waals surface area contributed by atoms with Crippen molar-refractivity contribution in [3.8, 4) is 22.8 Å². The molecule has 2 unspecified atom stereocenters. The van der Waals surface area contributed by atoms with Crippen LogP contribution in [0.25, 0.3) is 11.3 Å². The average Bonchev–Trinajstić information content (AvgIpc) is 3.14. The van der Waals surface area contributed by atoms with Crippen molar-refractivity contribution in [2.24, 2.45) is 11.8 Å². The van der Waals surface area contributed by atoms with Gasteiger partial charge in [0.05, 0.1) is 5.69 Å². The molecule has 31 heavy (non-hydrogen) atoms. The molecule has 158 valence electrons. The lowest BCUT2D eigenvalue weighted by Gasteiger charge is -2.20. The smallest absolute Gasteiger partial charge is 0.231 e. The normalized spacial score (nSPS) is 23.6. The summed E-state index contributed by atoms with van der Waals surface area (Å²) < 4.78 is 38.2. The van der Waals surface area contributed by atoms with Crippen molar-refractivity contribution in [2.45, 2.75) is 12.6 Å². The van der Waals surface area contributed by atoms with E-state index in [1.54, 1.807) is 12.1 Å². The molecule has 1 N–H and O–H groups in total. The van der Waals surface area contributed by atoms with Gasteiger partial charge in [-0.25, -0.2) is 8.78 Å². The number of rotatable bonds is 5. The van der Waals surface area contributed by atoms with Gasteiger partial charge in [0.25, 0.3) is 0 Å². The first-order chi connectivity index (χ1) is 15.1. The number of ether oxygens (including phenoxy) is 2. The van der Waals surface area contributed by atoms with E-state index < -0.39 is 11.6 Å². The van der Waals surface area contributed by atoms with E-state index in [4.69, 9.17) is 9.47 Å². The van der Waals surface area contributed by atoms with Crippen LogP contribution in [0.5, 0.6) is 11.5 Å². The van der Waals surface area contributed by atoms with Crippen molar-refractivity contribution in [3.05, 3.63) is 65.7 Å². The third-order valence-electron chi connectivity index (χ3n) is 6.30. The predicted molar refractivity (Wildman–Crippen MR) is 110 cm³/mol. The summed E-state index contributed by atoms with van der Waals surface area (Å²) in [5.41, 5.74) is 1.65. The molecule has 6 nitrogen and oxygen atoms in total. The molecule has 2 atom stereocenters. The Bertz CT molecular complexity index is 1130. The van der Waals surface area contributed by atoms with Crippen LogP contribution in [-0.4, -0.2) is 41.0 Å². The van der Waals surface area contributed by atoms with Gasteiger partial charge < -0.3 is 14.8 Å². The van der Waals surface area contributed by atoms with Crippen LogP contribution in [-0.2, 0) is 6.54 Å². The monoisotopic (exact) mass is 422 g/mol. The van der Waals surface area contributed by atoms with Crippen molar-refractivity contribution < 1.29 is 18.3 Å². The minimum absolute atomic E-state index is 0.113. The predicted octanol–water partition coefficient (Wildman–Crippen LogP) is 3.69. The summed E-state index contributed by atoms with van der Waals surface area (Å²) in [6.07, 6.45) is 0.